The zero-order valence-corrected chi connectivity index (χ0v) is 11.7. The maximum absolute atomic E-state index is 12.0. The smallest absolute Gasteiger partial charge is 0.348 e. The highest BCUT2D eigenvalue weighted by Gasteiger charge is 2.31. The molecule has 3 rings (SSSR count). The van der Waals surface area contributed by atoms with Gasteiger partial charge in [0.2, 0.25) is 0 Å². The van der Waals surface area contributed by atoms with Crippen LogP contribution >= 0.6 is 0 Å². The van der Waals surface area contributed by atoms with Gasteiger partial charge in [0, 0.05) is 0 Å². The first-order valence-corrected chi connectivity index (χ1v) is 6.64. The molecule has 23 heavy (non-hydrogen) atoms. The Labute approximate surface area is 130 Å². The molecule has 2 aromatic carbocycles. The minimum atomic E-state index is -0.720. The van der Waals surface area contributed by atoms with Gasteiger partial charge in [0.05, 0.1) is 0 Å². The van der Waals surface area contributed by atoms with Crippen LogP contribution in [0.25, 0.3) is 11.6 Å². The van der Waals surface area contributed by atoms with Gasteiger partial charge in [0.15, 0.2) is 23.0 Å². The summed E-state index contributed by atoms with van der Waals surface area (Å²) < 4.78 is 5.04. The highest BCUT2D eigenvalue weighted by atomic mass is 16.6. The molecule has 0 unspecified atom stereocenters. The van der Waals surface area contributed by atoms with Crippen LogP contribution in [0.2, 0.25) is 0 Å². The molecule has 1 aliphatic heterocycles. The maximum Gasteiger partial charge on any atom is 0.348 e. The van der Waals surface area contributed by atoms with Gasteiger partial charge in [-0.25, -0.2) is 4.79 Å². The molecule has 0 radical (unpaired) electrons. The van der Waals surface area contributed by atoms with Crippen molar-refractivity contribution >= 4 is 17.6 Å². The summed E-state index contributed by atoms with van der Waals surface area (Å²) in [6.45, 7) is 0. The number of esters is 1. The highest BCUT2D eigenvalue weighted by molar-refractivity contribution is 6.20. The summed E-state index contributed by atoms with van der Waals surface area (Å²) in [5.74, 6) is -1.69. The van der Waals surface area contributed by atoms with Crippen LogP contribution in [0.1, 0.15) is 11.1 Å². The van der Waals surface area contributed by atoms with Gasteiger partial charge < -0.3 is 25.2 Å². The van der Waals surface area contributed by atoms with Crippen molar-refractivity contribution in [3.63, 3.8) is 0 Å². The van der Waals surface area contributed by atoms with Crippen molar-refractivity contribution in [2.24, 2.45) is 0 Å². The van der Waals surface area contributed by atoms with Gasteiger partial charge in [-0.15, -0.1) is 0 Å². The monoisotopic (exact) mass is 312 g/mol. The van der Waals surface area contributed by atoms with E-state index in [9.17, 15) is 25.2 Å². The van der Waals surface area contributed by atoms with E-state index in [4.69, 9.17) is 4.74 Å². The Balaban J connectivity index is 2.02. The third kappa shape index (κ3) is 2.69. The fourth-order valence-electron chi connectivity index (χ4n) is 2.18. The summed E-state index contributed by atoms with van der Waals surface area (Å²) in [6.07, 6.45) is 1.36. The van der Waals surface area contributed by atoms with E-state index in [1.54, 1.807) is 0 Å². The number of aliphatic hydroxyl groups excluding tert-OH is 1. The van der Waals surface area contributed by atoms with Crippen LogP contribution < -0.4 is 0 Å². The predicted octanol–water partition coefficient (Wildman–Crippen LogP) is 2.67. The molecule has 0 spiro atoms. The first kappa shape index (κ1) is 14.5. The van der Waals surface area contributed by atoms with Crippen LogP contribution in [-0.2, 0) is 9.53 Å². The van der Waals surface area contributed by atoms with Crippen LogP contribution in [-0.4, -0.2) is 26.4 Å². The van der Waals surface area contributed by atoms with Crippen LogP contribution in [0, 0.1) is 0 Å². The number of aromatic hydroxyl groups is 3. The average Bonchev–Trinajstić information content (AvgIpc) is 2.79. The van der Waals surface area contributed by atoms with Gasteiger partial charge in [0.1, 0.15) is 11.3 Å². The summed E-state index contributed by atoms with van der Waals surface area (Å²) in [5, 5.41) is 38.2. The summed E-state index contributed by atoms with van der Waals surface area (Å²) in [6, 6.07) is 9.78. The molecular weight excluding hydrogens is 300 g/mol. The fraction of sp³-hybridized carbons (Fsp3) is 0. The SMILES string of the molecule is O=C1OC(=Cc2ccc(O)c(O)c2)C(O)=C1c1ccc(O)cc1. The Bertz CT molecular complexity index is 846. The minimum Gasteiger partial charge on any atom is -0.508 e. The van der Waals surface area contributed by atoms with Crippen molar-refractivity contribution in [1.29, 1.82) is 0 Å². The molecule has 0 aromatic heterocycles. The lowest BCUT2D eigenvalue weighted by Crippen LogP contribution is -1.98. The third-order valence-corrected chi connectivity index (χ3v) is 3.33. The predicted molar refractivity (Wildman–Crippen MR) is 81.5 cm³/mol. The maximum atomic E-state index is 12.0. The van der Waals surface area contributed by atoms with Crippen molar-refractivity contribution < 1.29 is 30.0 Å². The Morgan fingerprint density at radius 2 is 1.57 bits per heavy atom. The van der Waals surface area contributed by atoms with Gasteiger partial charge in [-0.3, -0.25) is 0 Å². The molecule has 0 atom stereocenters. The fourth-order valence-corrected chi connectivity index (χ4v) is 2.18. The van der Waals surface area contributed by atoms with Crippen LogP contribution in [0.5, 0.6) is 17.2 Å². The normalized spacial score (nSPS) is 16.0. The number of carbonyl (C=O) groups is 1. The van der Waals surface area contributed by atoms with Gasteiger partial charge in [-0.1, -0.05) is 18.2 Å². The van der Waals surface area contributed by atoms with E-state index in [0.29, 0.717) is 11.1 Å². The highest BCUT2D eigenvalue weighted by Crippen LogP contribution is 2.34. The number of aliphatic hydroxyl groups is 1. The number of benzene rings is 2. The third-order valence-electron chi connectivity index (χ3n) is 3.33. The molecule has 0 amide bonds. The van der Waals surface area contributed by atoms with Crippen LogP contribution in [0.15, 0.2) is 54.0 Å². The molecular formula is C17H12O6. The van der Waals surface area contributed by atoms with Gasteiger partial charge >= 0.3 is 5.97 Å². The number of cyclic esters (lactones) is 1. The Kier molecular flexibility index (Phi) is 3.42. The largest absolute Gasteiger partial charge is 0.508 e. The first-order valence-electron chi connectivity index (χ1n) is 6.64. The van der Waals surface area contributed by atoms with E-state index < -0.39 is 5.97 Å². The Morgan fingerprint density at radius 3 is 2.22 bits per heavy atom. The van der Waals surface area contributed by atoms with E-state index in [1.165, 1.54) is 48.5 Å². The van der Waals surface area contributed by atoms with Crippen LogP contribution in [0.4, 0.5) is 0 Å². The zero-order valence-electron chi connectivity index (χ0n) is 11.7. The lowest BCUT2D eigenvalue weighted by molar-refractivity contribution is -0.131. The van der Waals surface area contributed by atoms with E-state index >= 15 is 0 Å². The molecule has 4 N–H and O–H groups in total. The second-order valence-electron chi connectivity index (χ2n) is 4.92. The summed E-state index contributed by atoms with van der Waals surface area (Å²) in [5.41, 5.74) is 0.822. The van der Waals surface area contributed by atoms with E-state index in [2.05, 4.69) is 0 Å². The van der Waals surface area contributed by atoms with Crippen molar-refractivity contribution in [2.75, 3.05) is 0 Å². The molecule has 1 heterocycles. The zero-order chi connectivity index (χ0) is 16.6. The Hall–Kier alpha value is -3.41. The van der Waals surface area contributed by atoms with Gasteiger partial charge in [-0.05, 0) is 41.5 Å². The van der Waals surface area contributed by atoms with E-state index in [1.807, 2.05) is 0 Å². The number of rotatable bonds is 2. The van der Waals surface area contributed by atoms with E-state index in [-0.39, 0.29) is 34.3 Å². The van der Waals surface area contributed by atoms with Crippen molar-refractivity contribution in [1.82, 2.24) is 0 Å². The first-order chi connectivity index (χ1) is 11.0. The Morgan fingerprint density at radius 1 is 0.870 bits per heavy atom. The number of carbonyl (C=O) groups excluding carboxylic acids is 1. The summed E-state index contributed by atoms with van der Waals surface area (Å²) >= 11 is 0. The quantitative estimate of drug-likeness (QED) is 0.501. The molecule has 6 nitrogen and oxygen atoms in total. The van der Waals surface area contributed by atoms with Crippen molar-refractivity contribution in [2.45, 2.75) is 0 Å². The lowest BCUT2D eigenvalue weighted by Gasteiger charge is -2.01. The molecule has 0 saturated heterocycles. The second kappa shape index (κ2) is 5.42. The molecule has 0 fully saturated rings. The molecule has 0 saturated carbocycles. The van der Waals surface area contributed by atoms with Crippen molar-refractivity contribution in [3.8, 4) is 17.2 Å². The molecule has 116 valence electrons. The summed E-state index contributed by atoms with van der Waals surface area (Å²) in [4.78, 5) is 12.0. The van der Waals surface area contributed by atoms with Gasteiger partial charge in [-0.2, -0.15) is 0 Å². The molecule has 0 aliphatic carbocycles. The average molecular weight is 312 g/mol. The topological polar surface area (TPSA) is 107 Å². The molecule has 6 heteroatoms. The standard InChI is InChI=1S/C17H12O6/c18-11-4-2-10(3-5-11)15-16(21)14(23-17(15)22)8-9-1-6-12(19)13(20)7-9/h1-8,18-21H. The molecule has 0 bridgehead atoms. The number of hydrogen-bond acceptors (Lipinski definition) is 6. The lowest BCUT2D eigenvalue weighted by atomic mass is 10.0. The van der Waals surface area contributed by atoms with Crippen LogP contribution in [0.3, 0.4) is 0 Å². The molecule has 2 aromatic rings. The number of ether oxygens (including phenoxy) is 1. The van der Waals surface area contributed by atoms with Gasteiger partial charge in [0.25, 0.3) is 0 Å². The second-order valence-corrected chi connectivity index (χ2v) is 4.92. The summed E-state index contributed by atoms with van der Waals surface area (Å²) in [7, 11) is 0. The number of phenols is 3. The molecule has 1 aliphatic rings. The van der Waals surface area contributed by atoms with Crippen molar-refractivity contribution in [3.05, 3.63) is 65.1 Å². The van der Waals surface area contributed by atoms with E-state index in [0.717, 1.165) is 0 Å². The number of hydrogen-bond donors (Lipinski definition) is 4. The number of phenolic OH excluding ortho intramolecular Hbond substituents is 3. The minimum absolute atomic E-state index is 0.0146.